The van der Waals surface area contributed by atoms with E-state index in [2.05, 4.69) is 41.7 Å². The Hall–Kier alpha value is -5.02. The summed E-state index contributed by atoms with van der Waals surface area (Å²) in [6.07, 6.45) is 0.578. The first-order valence-electron chi connectivity index (χ1n) is 13.5. The van der Waals surface area contributed by atoms with E-state index >= 15 is 0 Å². The van der Waals surface area contributed by atoms with E-state index in [-0.39, 0.29) is 11.6 Å². The lowest BCUT2D eigenvalue weighted by molar-refractivity contribution is 0.0996. The normalized spacial score (nSPS) is 18.2. The summed E-state index contributed by atoms with van der Waals surface area (Å²) in [7, 11) is 0. The van der Waals surface area contributed by atoms with E-state index in [1.165, 1.54) is 0 Å². The molecule has 0 bridgehead atoms. The number of Topliss-reactive ketones (excluding diaryl/α,β-unsaturated/α-hetero) is 2. The van der Waals surface area contributed by atoms with Crippen LogP contribution in [0.4, 0.5) is 0 Å². The van der Waals surface area contributed by atoms with Gasteiger partial charge in [-0.2, -0.15) is 0 Å². The maximum atomic E-state index is 14.5. The Morgan fingerprint density at radius 1 is 0.550 bits per heavy atom. The van der Waals surface area contributed by atoms with Gasteiger partial charge in [-0.05, 0) is 16.7 Å². The van der Waals surface area contributed by atoms with Crippen molar-refractivity contribution in [3.05, 3.63) is 191 Å². The quantitative estimate of drug-likeness (QED) is 0.216. The average Bonchev–Trinajstić information content (AvgIpc) is 3.38. The van der Waals surface area contributed by atoms with Gasteiger partial charge in [0.2, 0.25) is 5.78 Å². The molecule has 0 saturated carbocycles. The molecule has 0 fully saturated rings. The molecule has 1 aliphatic heterocycles. The first-order chi connectivity index (χ1) is 19.7. The molecule has 2 atom stereocenters. The van der Waals surface area contributed by atoms with Gasteiger partial charge in [-0.15, -0.1) is 0 Å². The lowest BCUT2D eigenvalue weighted by atomic mass is 9.69. The standard InChI is InChI=1S/C37H29NO2/c39-35(29-20-10-3-11-21-29)32-33(28-18-8-2-9-19-28)37(31-24-14-5-15-25-31,26-27-16-6-1-7-17-27)38-34(32)36(40)30-22-12-4-13-23-30/h1-25,33,38H,26H2. The molecule has 0 radical (unpaired) electrons. The highest BCUT2D eigenvalue weighted by Gasteiger charge is 2.52. The molecule has 40 heavy (non-hydrogen) atoms. The molecule has 6 rings (SSSR count). The van der Waals surface area contributed by atoms with Gasteiger partial charge in [0.05, 0.1) is 11.2 Å². The van der Waals surface area contributed by atoms with Crippen molar-refractivity contribution in [2.45, 2.75) is 17.9 Å². The van der Waals surface area contributed by atoms with Crippen molar-refractivity contribution in [2.24, 2.45) is 0 Å². The van der Waals surface area contributed by atoms with Crippen molar-refractivity contribution < 1.29 is 9.59 Å². The summed E-state index contributed by atoms with van der Waals surface area (Å²) < 4.78 is 0. The van der Waals surface area contributed by atoms with Gasteiger partial charge in [0.1, 0.15) is 0 Å². The number of hydrogen-bond acceptors (Lipinski definition) is 3. The smallest absolute Gasteiger partial charge is 0.209 e. The number of ketones is 2. The Labute approximate surface area is 234 Å². The van der Waals surface area contributed by atoms with Crippen molar-refractivity contribution in [3.8, 4) is 0 Å². The molecule has 0 aromatic heterocycles. The summed E-state index contributed by atoms with van der Waals surface area (Å²) in [5, 5.41) is 3.73. The van der Waals surface area contributed by atoms with Gasteiger partial charge < -0.3 is 5.32 Å². The van der Waals surface area contributed by atoms with Crippen LogP contribution in [-0.2, 0) is 12.0 Å². The maximum absolute atomic E-state index is 14.5. The third kappa shape index (κ3) is 4.67. The van der Waals surface area contributed by atoms with Crippen molar-refractivity contribution in [1.29, 1.82) is 0 Å². The second kappa shape index (κ2) is 11.0. The third-order valence-corrected chi connectivity index (χ3v) is 7.69. The van der Waals surface area contributed by atoms with Crippen LogP contribution in [0.2, 0.25) is 0 Å². The highest BCUT2D eigenvalue weighted by molar-refractivity contribution is 6.19. The molecule has 1 N–H and O–H groups in total. The molecular formula is C37H29NO2. The lowest BCUT2D eigenvalue weighted by Gasteiger charge is -2.39. The van der Waals surface area contributed by atoms with Crippen molar-refractivity contribution in [1.82, 2.24) is 5.32 Å². The molecule has 0 saturated heterocycles. The topological polar surface area (TPSA) is 46.2 Å². The van der Waals surface area contributed by atoms with Crippen LogP contribution in [0.15, 0.2) is 163 Å². The summed E-state index contributed by atoms with van der Waals surface area (Å²) >= 11 is 0. The molecule has 1 aliphatic rings. The molecule has 194 valence electrons. The van der Waals surface area contributed by atoms with Gasteiger partial charge in [-0.25, -0.2) is 0 Å². The molecule has 0 amide bonds. The van der Waals surface area contributed by atoms with E-state index in [1.54, 1.807) is 12.1 Å². The van der Waals surface area contributed by atoms with Crippen LogP contribution in [0.1, 0.15) is 43.3 Å². The van der Waals surface area contributed by atoms with E-state index in [1.807, 2.05) is 103 Å². The Bertz CT molecular complexity index is 1650. The Kier molecular flexibility index (Phi) is 6.95. The largest absolute Gasteiger partial charge is 0.371 e. The van der Waals surface area contributed by atoms with Gasteiger partial charge in [0.15, 0.2) is 5.78 Å². The van der Waals surface area contributed by atoms with Crippen LogP contribution in [-0.4, -0.2) is 11.6 Å². The number of rotatable bonds is 8. The molecule has 5 aromatic rings. The fraction of sp³-hybridized carbons (Fsp3) is 0.0811. The van der Waals surface area contributed by atoms with E-state index in [9.17, 15) is 9.59 Å². The minimum Gasteiger partial charge on any atom is -0.371 e. The molecule has 5 aromatic carbocycles. The van der Waals surface area contributed by atoms with Crippen molar-refractivity contribution >= 4 is 11.6 Å². The zero-order valence-corrected chi connectivity index (χ0v) is 22.0. The second-order valence-electron chi connectivity index (χ2n) is 10.1. The molecule has 3 heteroatoms. The minimum absolute atomic E-state index is 0.146. The van der Waals surface area contributed by atoms with Crippen LogP contribution >= 0.6 is 0 Å². The van der Waals surface area contributed by atoms with Crippen LogP contribution < -0.4 is 5.32 Å². The Morgan fingerprint density at radius 2 is 1.00 bits per heavy atom. The summed E-state index contributed by atoms with van der Waals surface area (Å²) in [6.45, 7) is 0. The maximum Gasteiger partial charge on any atom is 0.209 e. The summed E-state index contributed by atoms with van der Waals surface area (Å²) in [6, 6.07) is 49.0. The van der Waals surface area contributed by atoms with Crippen LogP contribution in [0.3, 0.4) is 0 Å². The summed E-state index contributed by atoms with van der Waals surface area (Å²) in [5.74, 6) is -0.759. The van der Waals surface area contributed by atoms with Gasteiger partial charge in [0.25, 0.3) is 0 Å². The molecule has 3 nitrogen and oxygen atoms in total. The Balaban J connectivity index is 1.64. The number of nitrogens with one attached hydrogen (secondary N) is 1. The first-order valence-corrected chi connectivity index (χ1v) is 13.5. The van der Waals surface area contributed by atoms with E-state index < -0.39 is 11.5 Å². The van der Waals surface area contributed by atoms with E-state index in [4.69, 9.17) is 0 Å². The zero-order valence-electron chi connectivity index (χ0n) is 22.0. The minimum atomic E-state index is -0.788. The van der Waals surface area contributed by atoms with Crippen molar-refractivity contribution in [2.75, 3.05) is 0 Å². The van der Waals surface area contributed by atoms with Gasteiger partial charge in [0, 0.05) is 29.0 Å². The highest BCUT2D eigenvalue weighted by atomic mass is 16.1. The molecular weight excluding hydrogens is 490 g/mol. The highest BCUT2D eigenvalue weighted by Crippen LogP contribution is 2.51. The number of allylic oxidation sites excluding steroid dienone is 1. The van der Waals surface area contributed by atoms with Crippen LogP contribution in [0.25, 0.3) is 0 Å². The van der Waals surface area contributed by atoms with E-state index in [0.29, 0.717) is 28.8 Å². The zero-order chi connectivity index (χ0) is 27.4. The molecule has 0 aliphatic carbocycles. The second-order valence-corrected chi connectivity index (χ2v) is 10.1. The predicted octanol–water partition coefficient (Wildman–Crippen LogP) is 7.53. The molecule has 1 heterocycles. The lowest BCUT2D eigenvalue weighted by Crippen LogP contribution is -2.45. The van der Waals surface area contributed by atoms with Crippen LogP contribution in [0, 0.1) is 0 Å². The van der Waals surface area contributed by atoms with Gasteiger partial charge in [-0.3, -0.25) is 9.59 Å². The summed E-state index contributed by atoms with van der Waals surface area (Å²) in [5.41, 5.74) is 4.26. The van der Waals surface area contributed by atoms with E-state index in [0.717, 1.165) is 16.7 Å². The average molecular weight is 520 g/mol. The Morgan fingerprint density at radius 3 is 1.55 bits per heavy atom. The molecule has 2 unspecified atom stereocenters. The number of hydrogen-bond donors (Lipinski definition) is 1. The van der Waals surface area contributed by atoms with Crippen LogP contribution in [0.5, 0.6) is 0 Å². The SMILES string of the molecule is O=C(C1=C(C(=O)c2ccccc2)C(c2ccccc2)C(Cc2ccccc2)(c2ccccc2)N1)c1ccccc1. The first kappa shape index (κ1) is 25.3. The number of carbonyl (C=O) groups is 2. The molecule has 0 spiro atoms. The van der Waals surface area contributed by atoms with Crippen molar-refractivity contribution in [3.63, 3.8) is 0 Å². The third-order valence-electron chi connectivity index (χ3n) is 7.69. The predicted molar refractivity (Wildman–Crippen MR) is 159 cm³/mol. The summed E-state index contributed by atoms with van der Waals surface area (Å²) in [4.78, 5) is 28.8. The number of carbonyl (C=O) groups excluding carboxylic acids is 2. The monoisotopic (exact) mass is 519 g/mol. The van der Waals surface area contributed by atoms with Gasteiger partial charge in [-0.1, -0.05) is 152 Å². The number of benzene rings is 5. The fourth-order valence-electron chi connectivity index (χ4n) is 5.89. The van der Waals surface area contributed by atoms with Gasteiger partial charge >= 0.3 is 0 Å². The fourth-order valence-corrected chi connectivity index (χ4v) is 5.89.